The molecule has 0 aliphatic rings. The van der Waals surface area contributed by atoms with E-state index < -0.39 is 0 Å². The molecule has 0 bridgehead atoms. The van der Waals surface area contributed by atoms with E-state index in [4.69, 9.17) is 16.3 Å². The normalized spacial score (nSPS) is 14.9. The Hall–Kier alpha value is -0.0100. The summed E-state index contributed by atoms with van der Waals surface area (Å²) in [4.78, 5) is 0. The van der Waals surface area contributed by atoms with Gasteiger partial charge in [0, 0.05) is 12.6 Å². The van der Waals surface area contributed by atoms with Crippen molar-refractivity contribution < 1.29 is 4.74 Å². The van der Waals surface area contributed by atoms with Gasteiger partial charge in [0.2, 0.25) is 0 Å². The van der Waals surface area contributed by atoms with Gasteiger partial charge in [-0.2, -0.15) is 0 Å². The third-order valence-corrected chi connectivity index (χ3v) is 1.000. The summed E-state index contributed by atoms with van der Waals surface area (Å²) < 4.78 is 4.83. The van der Waals surface area contributed by atoms with E-state index in [0.717, 1.165) is 6.42 Å². The second-order valence-corrected chi connectivity index (χ2v) is 1.71. The molecule has 0 spiro atoms. The molecular formula is C6H10ClO. The lowest BCUT2D eigenvalue weighted by Gasteiger charge is -2.02. The zero-order chi connectivity index (χ0) is 6.41. The molecule has 1 radical (unpaired) electrons. The lowest BCUT2D eigenvalue weighted by atomic mass is 10.3. The van der Waals surface area contributed by atoms with Crippen LogP contribution in [0, 0.1) is 6.92 Å². The van der Waals surface area contributed by atoms with Crippen LogP contribution in [0.4, 0.5) is 0 Å². The minimum atomic E-state index is 0.0324. The van der Waals surface area contributed by atoms with Crippen LogP contribution in [0.25, 0.3) is 0 Å². The number of hydrogen-bond acceptors (Lipinski definition) is 1. The molecule has 0 saturated heterocycles. The van der Waals surface area contributed by atoms with Crippen molar-refractivity contribution in [2.75, 3.05) is 7.11 Å². The van der Waals surface area contributed by atoms with Gasteiger partial charge in [-0.3, -0.25) is 0 Å². The van der Waals surface area contributed by atoms with E-state index in [1.165, 1.54) is 5.54 Å². The van der Waals surface area contributed by atoms with Crippen molar-refractivity contribution in [3.63, 3.8) is 0 Å². The van der Waals surface area contributed by atoms with Gasteiger partial charge in [-0.25, -0.2) is 0 Å². The van der Waals surface area contributed by atoms with Crippen LogP contribution in [0.2, 0.25) is 0 Å². The van der Waals surface area contributed by atoms with Crippen molar-refractivity contribution in [2.24, 2.45) is 0 Å². The second-order valence-electron chi connectivity index (χ2n) is 1.46. The fourth-order valence-corrected chi connectivity index (χ4v) is 0.402. The Morgan fingerprint density at radius 2 is 2.50 bits per heavy atom. The molecule has 0 aromatic rings. The molecule has 0 heterocycles. The van der Waals surface area contributed by atoms with Gasteiger partial charge in [-0.1, -0.05) is 17.7 Å². The molecule has 0 aliphatic heterocycles. The number of methoxy groups -OCH3 is 1. The Balaban J connectivity index is 3.10. The number of hydrogen-bond donors (Lipinski definition) is 0. The third-order valence-electron chi connectivity index (χ3n) is 0.821. The van der Waals surface area contributed by atoms with Gasteiger partial charge in [-0.15, -0.1) is 0 Å². The van der Waals surface area contributed by atoms with Crippen molar-refractivity contribution in [3.8, 4) is 0 Å². The molecule has 1 nitrogen and oxygen atoms in total. The van der Waals surface area contributed by atoms with E-state index in [1.54, 1.807) is 7.11 Å². The number of halogens is 1. The maximum Gasteiger partial charge on any atom is 0.0607 e. The quantitative estimate of drug-likeness (QED) is 0.572. The zero-order valence-electron chi connectivity index (χ0n) is 4.93. The fraction of sp³-hybridized carbons (Fsp3) is 0.500. The molecule has 0 aliphatic carbocycles. The van der Waals surface area contributed by atoms with Crippen molar-refractivity contribution in [1.82, 2.24) is 0 Å². The summed E-state index contributed by atoms with van der Waals surface area (Å²) in [7, 11) is 1.62. The molecule has 0 fully saturated rings. The van der Waals surface area contributed by atoms with Gasteiger partial charge < -0.3 is 4.74 Å². The largest absolute Gasteiger partial charge is 0.381 e. The molecule has 0 aromatic heterocycles. The zero-order valence-corrected chi connectivity index (χ0v) is 5.69. The van der Waals surface area contributed by atoms with Crippen LogP contribution in [0.1, 0.15) is 6.42 Å². The molecule has 0 saturated carbocycles. The SMILES string of the molecule is [CH2]C(CC=CCl)OC. The third kappa shape index (κ3) is 4.16. The Labute approximate surface area is 55.3 Å². The highest BCUT2D eigenvalue weighted by Crippen LogP contribution is 1.95. The Morgan fingerprint density at radius 3 is 2.88 bits per heavy atom. The molecule has 0 aromatic carbocycles. The maximum atomic E-state index is 5.24. The van der Waals surface area contributed by atoms with Gasteiger partial charge >= 0.3 is 0 Å². The van der Waals surface area contributed by atoms with Crippen molar-refractivity contribution >= 4 is 11.6 Å². The van der Waals surface area contributed by atoms with E-state index in [1.807, 2.05) is 6.08 Å². The van der Waals surface area contributed by atoms with Crippen LogP contribution in [0.3, 0.4) is 0 Å². The summed E-state index contributed by atoms with van der Waals surface area (Å²) in [6.45, 7) is 3.66. The summed E-state index contributed by atoms with van der Waals surface area (Å²) in [6.07, 6.45) is 2.62. The van der Waals surface area contributed by atoms with E-state index in [2.05, 4.69) is 6.92 Å². The number of ether oxygens (including phenoxy) is 1. The van der Waals surface area contributed by atoms with Crippen molar-refractivity contribution in [2.45, 2.75) is 12.5 Å². The van der Waals surface area contributed by atoms with Gasteiger partial charge in [0.15, 0.2) is 0 Å². The van der Waals surface area contributed by atoms with E-state index >= 15 is 0 Å². The van der Waals surface area contributed by atoms with Gasteiger partial charge in [-0.05, 0) is 13.3 Å². The summed E-state index contributed by atoms with van der Waals surface area (Å²) in [5, 5.41) is 0. The summed E-state index contributed by atoms with van der Waals surface area (Å²) in [6, 6.07) is 0. The highest BCUT2D eigenvalue weighted by Gasteiger charge is 1.91. The highest BCUT2D eigenvalue weighted by molar-refractivity contribution is 6.25. The van der Waals surface area contributed by atoms with E-state index in [-0.39, 0.29) is 6.10 Å². The Bertz CT molecular complexity index is 70.9. The predicted octanol–water partition coefficient (Wildman–Crippen LogP) is 1.98. The Morgan fingerprint density at radius 1 is 1.88 bits per heavy atom. The van der Waals surface area contributed by atoms with Crippen LogP contribution < -0.4 is 0 Å². The first kappa shape index (κ1) is 7.99. The summed E-state index contributed by atoms with van der Waals surface area (Å²) in [5.41, 5.74) is 1.47. The average molecular weight is 134 g/mol. The molecule has 2 heteroatoms. The summed E-state index contributed by atoms with van der Waals surface area (Å²) in [5.74, 6) is 0. The first-order valence-electron chi connectivity index (χ1n) is 2.42. The molecule has 1 atom stereocenters. The minimum Gasteiger partial charge on any atom is -0.381 e. The minimum absolute atomic E-state index is 0.0324. The topological polar surface area (TPSA) is 9.23 Å². The standard InChI is InChI=1S/C6H10ClO/c1-6(8-2)4-3-5-7/h3,5-6H,1,4H2,2H3. The lowest BCUT2D eigenvalue weighted by molar-refractivity contribution is 0.141. The Kier molecular flexibility index (Phi) is 5.13. The molecule has 1 unspecified atom stereocenters. The van der Waals surface area contributed by atoms with Crippen molar-refractivity contribution in [1.29, 1.82) is 0 Å². The van der Waals surface area contributed by atoms with Crippen LogP contribution in [-0.2, 0) is 4.74 Å². The monoisotopic (exact) mass is 133 g/mol. The van der Waals surface area contributed by atoms with Gasteiger partial charge in [0.25, 0.3) is 0 Å². The first-order valence-corrected chi connectivity index (χ1v) is 2.86. The maximum absolute atomic E-state index is 5.24. The summed E-state index contributed by atoms with van der Waals surface area (Å²) >= 11 is 5.24. The molecule has 0 amide bonds. The molecular weight excluding hydrogens is 124 g/mol. The molecule has 0 N–H and O–H groups in total. The first-order chi connectivity index (χ1) is 3.81. The molecule has 8 heavy (non-hydrogen) atoms. The van der Waals surface area contributed by atoms with Crippen LogP contribution >= 0.6 is 11.6 Å². The fourth-order valence-electron chi connectivity index (χ4n) is 0.299. The van der Waals surface area contributed by atoms with Crippen LogP contribution in [0.15, 0.2) is 11.6 Å². The van der Waals surface area contributed by atoms with Gasteiger partial charge in [0.1, 0.15) is 0 Å². The van der Waals surface area contributed by atoms with E-state index in [9.17, 15) is 0 Å². The van der Waals surface area contributed by atoms with Crippen LogP contribution in [-0.4, -0.2) is 13.2 Å². The second kappa shape index (κ2) is 5.13. The highest BCUT2D eigenvalue weighted by atomic mass is 35.5. The van der Waals surface area contributed by atoms with Crippen LogP contribution in [0.5, 0.6) is 0 Å². The lowest BCUT2D eigenvalue weighted by Crippen LogP contribution is -2.01. The van der Waals surface area contributed by atoms with Crippen molar-refractivity contribution in [3.05, 3.63) is 18.5 Å². The van der Waals surface area contributed by atoms with Gasteiger partial charge in [0.05, 0.1) is 6.10 Å². The molecule has 47 valence electrons. The smallest absolute Gasteiger partial charge is 0.0607 e. The predicted molar refractivity (Wildman–Crippen MR) is 35.8 cm³/mol. The number of rotatable bonds is 3. The van der Waals surface area contributed by atoms with E-state index in [0.29, 0.717) is 0 Å². The average Bonchev–Trinajstić information content (AvgIpc) is 1.83. The molecule has 0 rings (SSSR count).